The predicted molar refractivity (Wildman–Crippen MR) is 92.2 cm³/mol. The third kappa shape index (κ3) is 2.85. The average Bonchev–Trinajstić information content (AvgIpc) is 3.24. The van der Waals surface area contributed by atoms with E-state index in [9.17, 15) is 4.79 Å². The first-order valence-electron chi connectivity index (χ1n) is 8.15. The zero-order chi connectivity index (χ0) is 16.5. The van der Waals surface area contributed by atoms with Gasteiger partial charge in [-0.3, -0.25) is 4.79 Å². The SMILES string of the molecule is Cc1ccc(O[C@H]2CCN(C(=O)c3ccc4cc[nH]c4c3)C2)nc1. The summed E-state index contributed by atoms with van der Waals surface area (Å²) in [7, 11) is 0. The number of fused-ring (bicyclic) bond motifs is 1. The lowest BCUT2D eigenvalue weighted by molar-refractivity contribution is 0.0771. The van der Waals surface area contributed by atoms with Crippen LogP contribution in [0.25, 0.3) is 10.9 Å². The van der Waals surface area contributed by atoms with Gasteiger partial charge >= 0.3 is 0 Å². The molecule has 2 aromatic heterocycles. The Labute approximate surface area is 140 Å². The first kappa shape index (κ1) is 14.8. The normalized spacial score (nSPS) is 17.4. The number of rotatable bonds is 3. The van der Waals surface area contributed by atoms with Gasteiger partial charge in [-0.25, -0.2) is 4.98 Å². The van der Waals surface area contributed by atoms with Crippen molar-refractivity contribution in [3.8, 4) is 5.88 Å². The minimum Gasteiger partial charge on any atom is -0.472 e. The summed E-state index contributed by atoms with van der Waals surface area (Å²) in [6.07, 6.45) is 4.50. The van der Waals surface area contributed by atoms with Crippen molar-refractivity contribution < 1.29 is 9.53 Å². The summed E-state index contributed by atoms with van der Waals surface area (Å²) in [5, 5.41) is 1.11. The number of nitrogens with one attached hydrogen (secondary N) is 1. The van der Waals surface area contributed by atoms with E-state index < -0.39 is 0 Å². The van der Waals surface area contributed by atoms with Crippen LogP contribution in [0.1, 0.15) is 22.3 Å². The minimum atomic E-state index is -0.00150. The number of hydrogen-bond donors (Lipinski definition) is 1. The maximum Gasteiger partial charge on any atom is 0.254 e. The van der Waals surface area contributed by atoms with E-state index in [0.29, 0.717) is 24.5 Å². The van der Waals surface area contributed by atoms with Crippen molar-refractivity contribution in [1.29, 1.82) is 0 Å². The van der Waals surface area contributed by atoms with Gasteiger partial charge in [0.05, 0.1) is 6.54 Å². The molecule has 5 nitrogen and oxygen atoms in total. The van der Waals surface area contributed by atoms with Crippen molar-refractivity contribution in [1.82, 2.24) is 14.9 Å². The van der Waals surface area contributed by atoms with E-state index in [1.165, 1.54) is 0 Å². The van der Waals surface area contributed by atoms with Crippen LogP contribution >= 0.6 is 0 Å². The molecule has 5 heteroatoms. The molecule has 3 heterocycles. The number of aryl methyl sites for hydroxylation is 1. The molecule has 0 saturated carbocycles. The van der Waals surface area contributed by atoms with Crippen molar-refractivity contribution in [3.63, 3.8) is 0 Å². The highest BCUT2D eigenvalue weighted by Crippen LogP contribution is 2.20. The summed E-state index contributed by atoms with van der Waals surface area (Å²) in [6.45, 7) is 3.29. The molecule has 1 amide bonds. The number of carbonyl (C=O) groups is 1. The molecule has 0 bridgehead atoms. The summed E-state index contributed by atoms with van der Waals surface area (Å²) < 4.78 is 5.89. The van der Waals surface area contributed by atoms with Gasteiger partial charge < -0.3 is 14.6 Å². The molecule has 1 atom stereocenters. The maximum atomic E-state index is 12.7. The standard InChI is InChI=1S/C19H19N3O2/c1-13-2-5-18(21-11-13)24-16-7-9-22(12-16)19(23)15-4-3-14-6-8-20-17(14)10-15/h2-6,8,10-11,16,20H,7,9,12H2,1H3/t16-/m0/s1. The highest BCUT2D eigenvalue weighted by atomic mass is 16.5. The lowest BCUT2D eigenvalue weighted by Crippen LogP contribution is -2.31. The van der Waals surface area contributed by atoms with Gasteiger partial charge in [-0.15, -0.1) is 0 Å². The summed E-state index contributed by atoms with van der Waals surface area (Å²) >= 11 is 0. The Morgan fingerprint density at radius 3 is 3.04 bits per heavy atom. The molecular weight excluding hydrogens is 302 g/mol. The number of pyridine rings is 1. The molecule has 0 aliphatic carbocycles. The zero-order valence-electron chi connectivity index (χ0n) is 13.5. The van der Waals surface area contributed by atoms with Crippen LogP contribution in [0.5, 0.6) is 5.88 Å². The van der Waals surface area contributed by atoms with Gasteiger partial charge in [0.15, 0.2) is 0 Å². The molecule has 24 heavy (non-hydrogen) atoms. The zero-order valence-corrected chi connectivity index (χ0v) is 13.5. The van der Waals surface area contributed by atoms with E-state index in [-0.39, 0.29) is 12.0 Å². The van der Waals surface area contributed by atoms with Crippen molar-refractivity contribution in [2.75, 3.05) is 13.1 Å². The van der Waals surface area contributed by atoms with Crippen molar-refractivity contribution in [2.45, 2.75) is 19.4 Å². The molecule has 1 N–H and O–H groups in total. The number of benzene rings is 1. The molecule has 1 fully saturated rings. The molecule has 1 aromatic carbocycles. The molecule has 1 aliphatic heterocycles. The summed E-state index contributed by atoms with van der Waals surface area (Å²) in [6, 6.07) is 11.6. The first-order chi connectivity index (χ1) is 11.7. The van der Waals surface area contributed by atoms with Gasteiger partial charge in [-0.2, -0.15) is 0 Å². The predicted octanol–water partition coefficient (Wildman–Crippen LogP) is 3.16. The van der Waals surface area contributed by atoms with Crippen LogP contribution in [0.4, 0.5) is 0 Å². The molecule has 0 spiro atoms. The van der Waals surface area contributed by atoms with E-state index in [2.05, 4.69) is 9.97 Å². The number of aromatic nitrogens is 2. The molecule has 0 unspecified atom stereocenters. The quantitative estimate of drug-likeness (QED) is 0.806. The molecular formula is C19H19N3O2. The molecule has 122 valence electrons. The monoisotopic (exact) mass is 321 g/mol. The number of nitrogens with zero attached hydrogens (tertiary/aromatic N) is 2. The van der Waals surface area contributed by atoms with E-state index in [0.717, 1.165) is 22.9 Å². The summed E-state index contributed by atoms with van der Waals surface area (Å²) in [5.41, 5.74) is 2.79. The number of carbonyl (C=O) groups excluding carboxylic acids is 1. The van der Waals surface area contributed by atoms with Crippen LogP contribution in [-0.4, -0.2) is 40.0 Å². The Hall–Kier alpha value is -2.82. The number of H-pyrrole nitrogens is 1. The summed E-state index contributed by atoms with van der Waals surface area (Å²) in [5.74, 6) is 0.669. The Bertz CT molecular complexity index is 870. The largest absolute Gasteiger partial charge is 0.472 e. The van der Waals surface area contributed by atoms with Gasteiger partial charge in [0.25, 0.3) is 5.91 Å². The van der Waals surface area contributed by atoms with Gasteiger partial charge in [-0.1, -0.05) is 12.1 Å². The molecule has 3 aromatic rings. The van der Waals surface area contributed by atoms with Crippen LogP contribution in [0, 0.1) is 6.92 Å². The first-order valence-corrected chi connectivity index (χ1v) is 8.15. The van der Waals surface area contributed by atoms with Crippen LogP contribution < -0.4 is 4.74 Å². The highest BCUT2D eigenvalue weighted by molar-refractivity contribution is 5.98. The Morgan fingerprint density at radius 1 is 1.29 bits per heavy atom. The molecule has 0 radical (unpaired) electrons. The van der Waals surface area contributed by atoms with Crippen LogP contribution in [0.15, 0.2) is 48.8 Å². The Balaban J connectivity index is 1.43. The fourth-order valence-electron chi connectivity index (χ4n) is 3.07. The van der Waals surface area contributed by atoms with E-state index in [4.69, 9.17) is 4.74 Å². The minimum absolute atomic E-state index is 0.00150. The van der Waals surface area contributed by atoms with Crippen LogP contribution in [0.2, 0.25) is 0 Å². The Morgan fingerprint density at radius 2 is 2.21 bits per heavy atom. The van der Waals surface area contributed by atoms with Crippen molar-refractivity contribution >= 4 is 16.8 Å². The third-order valence-corrected chi connectivity index (χ3v) is 4.41. The number of ether oxygens (including phenoxy) is 1. The number of aromatic amines is 1. The van der Waals surface area contributed by atoms with Gasteiger partial charge in [0.1, 0.15) is 6.10 Å². The number of likely N-dealkylation sites (tertiary alicyclic amines) is 1. The van der Waals surface area contributed by atoms with Gasteiger partial charge in [0, 0.05) is 42.5 Å². The highest BCUT2D eigenvalue weighted by Gasteiger charge is 2.28. The van der Waals surface area contributed by atoms with Crippen molar-refractivity contribution in [3.05, 3.63) is 59.9 Å². The van der Waals surface area contributed by atoms with E-state index in [1.54, 1.807) is 6.20 Å². The van der Waals surface area contributed by atoms with Crippen LogP contribution in [0.3, 0.4) is 0 Å². The summed E-state index contributed by atoms with van der Waals surface area (Å²) in [4.78, 5) is 22.0. The molecule has 1 aliphatic rings. The molecule has 4 rings (SSSR count). The fourth-order valence-corrected chi connectivity index (χ4v) is 3.07. The lowest BCUT2D eigenvalue weighted by Gasteiger charge is -2.17. The third-order valence-electron chi connectivity index (χ3n) is 4.41. The van der Waals surface area contributed by atoms with Crippen molar-refractivity contribution in [2.24, 2.45) is 0 Å². The van der Waals surface area contributed by atoms with Crippen LogP contribution in [-0.2, 0) is 0 Å². The van der Waals surface area contributed by atoms with E-state index >= 15 is 0 Å². The fraction of sp³-hybridized carbons (Fsp3) is 0.263. The second-order valence-electron chi connectivity index (χ2n) is 6.23. The Kier molecular flexibility index (Phi) is 3.69. The van der Waals surface area contributed by atoms with E-state index in [1.807, 2.05) is 54.4 Å². The number of hydrogen-bond acceptors (Lipinski definition) is 3. The van der Waals surface area contributed by atoms with Gasteiger partial charge in [0.2, 0.25) is 5.88 Å². The van der Waals surface area contributed by atoms with Gasteiger partial charge in [-0.05, 0) is 36.1 Å². The second-order valence-corrected chi connectivity index (χ2v) is 6.23. The second kappa shape index (κ2) is 6.00. The average molecular weight is 321 g/mol. The smallest absolute Gasteiger partial charge is 0.254 e. The molecule has 1 saturated heterocycles. The lowest BCUT2D eigenvalue weighted by atomic mass is 10.1. The maximum absolute atomic E-state index is 12.7. The topological polar surface area (TPSA) is 58.2 Å². The number of amides is 1.